The average molecular weight is 225 g/mol. The van der Waals surface area contributed by atoms with E-state index in [4.69, 9.17) is 0 Å². The molecule has 0 aliphatic heterocycles. The summed E-state index contributed by atoms with van der Waals surface area (Å²) in [6.45, 7) is 7.34. The summed E-state index contributed by atoms with van der Waals surface area (Å²) in [4.78, 5) is 11.1. The third kappa shape index (κ3) is 5.04. The number of hydrogen-bond donors (Lipinski definition) is 1. The molecule has 0 heterocycles. The SMILES string of the molecule is CCC(C)(NC(=O)CC(F)(F)F)C(C)C. The molecule has 0 aliphatic rings. The Kier molecular flexibility index (Phi) is 4.62. The van der Waals surface area contributed by atoms with Crippen molar-refractivity contribution in [2.75, 3.05) is 0 Å². The van der Waals surface area contributed by atoms with Crippen LogP contribution < -0.4 is 5.32 Å². The van der Waals surface area contributed by atoms with Crippen LogP contribution in [0.4, 0.5) is 13.2 Å². The van der Waals surface area contributed by atoms with Crippen LogP contribution in [0.15, 0.2) is 0 Å². The van der Waals surface area contributed by atoms with Gasteiger partial charge in [0.2, 0.25) is 5.91 Å². The molecule has 0 spiro atoms. The first-order valence-corrected chi connectivity index (χ1v) is 4.98. The molecule has 1 atom stereocenters. The molecule has 0 saturated carbocycles. The minimum atomic E-state index is -4.43. The highest BCUT2D eigenvalue weighted by Gasteiger charge is 2.35. The van der Waals surface area contributed by atoms with Crippen LogP contribution in [-0.4, -0.2) is 17.6 Å². The summed E-state index contributed by atoms with van der Waals surface area (Å²) >= 11 is 0. The van der Waals surface area contributed by atoms with Crippen molar-refractivity contribution in [3.05, 3.63) is 0 Å². The number of carbonyl (C=O) groups excluding carboxylic acids is 1. The highest BCUT2D eigenvalue weighted by molar-refractivity contribution is 5.77. The van der Waals surface area contributed by atoms with Gasteiger partial charge in [0.05, 0.1) is 0 Å². The lowest BCUT2D eigenvalue weighted by molar-refractivity contribution is -0.155. The normalized spacial score (nSPS) is 16.3. The fraction of sp³-hybridized carbons (Fsp3) is 0.900. The van der Waals surface area contributed by atoms with Crippen LogP contribution in [0.5, 0.6) is 0 Å². The largest absolute Gasteiger partial charge is 0.397 e. The van der Waals surface area contributed by atoms with Crippen LogP contribution in [0, 0.1) is 5.92 Å². The predicted octanol–water partition coefficient (Wildman–Crippen LogP) is 2.88. The molecule has 2 nitrogen and oxygen atoms in total. The van der Waals surface area contributed by atoms with Gasteiger partial charge in [0, 0.05) is 5.54 Å². The standard InChI is InChI=1S/C10H18F3NO/c1-5-9(4,7(2)3)14-8(15)6-10(11,12)13/h7H,5-6H2,1-4H3,(H,14,15). The summed E-state index contributed by atoms with van der Waals surface area (Å²) in [5.41, 5.74) is -0.567. The number of carbonyl (C=O) groups is 1. The Balaban J connectivity index is 4.39. The van der Waals surface area contributed by atoms with Crippen molar-refractivity contribution in [2.24, 2.45) is 5.92 Å². The molecule has 1 N–H and O–H groups in total. The van der Waals surface area contributed by atoms with Gasteiger partial charge >= 0.3 is 6.18 Å². The summed E-state index contributed by atoms with van der Waals surface area (Å²) in [6.07, 6.45) is -5.24. The lowest BCUT2D eigenvalue weighted by Gasteiger charge is -2.34. The maximum atomic E-state index is 11.9. The van der Waals surface area contributed by atoms with Gasteiger partial charge in [0.1, 0.15) is 6.42 Å². The van der Waals surface area contributed by atoms with Gasteiger partial charge in [-0.15, -0.1) is 0 Å². The molecular formula is C10H18F3NO. The quantitative estimate of drug-likeness (QED) is 0.783. The molecule has 15 heavy (non-hydrogen) atoms. The van der Waals surface area contributed by atoms with Gasteiger partial charge < -0.3 is 5.32 Å². The Morgan fingerprint density at radius 2 is 1.80 bits per heavy atom. The Bertz CT molecular complexity index is 225. The Morgan fingerprint density at radius 1 is 1.33 bits per heavy atom. The molecule has 1 amide bonds. The molecule has 1 unspecified atom stereocenters. The number of nitrogens with one attached hydrogen (secondary N) is 1. The van der Waals surface area contributed by atoms with Gasteiger partial charge in [-0.2, -0.15) is 13.2 Å². The van der Waals surface area contributed by atoms with E-state index in [2.05, 4.69) is 5.32 Å². The van der Waals surface area contributed by atoms with Gasteiger partial charge in [-0.3, -0.25) is 4.79 Å². The number of halogens is 3. The Hall–Kier alpha value is -0.740. The third-order valence-electron chi connectivity index (χ3n) is 2.79. The molecule has 0 aromatic rings. The van der Waals surface area contributed by atoms with Crippen molar-refractivity contribution in [2.45, 2.75) is 52.3 Å². The second-order valence-electron chi connectivity index (χ2n) is 4.27. The van der Waals surface area contributed by atoms with Gasteiger partial charge in [0.15, 0.2) is 0 Å². The molecule has 0 rings (SSSR count). The molecule has 5 heteroatoms. The van der Waals surface area contributed by atoms with E-state index < -0.39 is 24.0 Å². The smallest absolute Gasteiger partial charge is 0.350 e. The third-order valence-corrected chi connectivity index (χ3v) is 2.79. The zero-order valence-corrected chi connectivity index (χ0v) is 9.53. The molecule has 0 aliphatic carbocycles. The zero-order chi connectivity index (χ0) is 12.3. The minimum Gasteiger partial charge on any atom is -0.350 e. The van der Waals surface area contributed by atoms with Crippen molar-refractivity contribution in [1.82, 2.24) is 5.32 Å². The summed E-state index contributed by atoms with van der Waals surface area (Å²) < 4.78 is 35.8. The van der Waals surface area contributed by atoms with Crippen LogP contribution in [0.1, 0.15) is 40.5 Å². The molecule has 0 bridgehead atoms. The first-order chi connectivity index (χ1) is 6.60. The maximum absolute atomic E-state index is 11.9. The van der Waals surface area contributed by atoms with E-state index in [0.717, 1.165) is 0 Å². The second kappa shape index (κ2) is 4.86. The van der Waals surface area contributed by atoms with Crippen molar-refractivity contribution in [3.63, 3.8) is 0 Å². The predicted molar refractivity (Wildman–Crippen MR) is 52.3 cm³/mol. The van der Waals surface area contributed by atoms with Crippen molar-refractivity contribution in [3.8, 4) is 0 Å². The van der Waals surface area contributed by atoms with Gasteiger partial charge in [-0.25, -0.2) is 0 Å². The fourth-order valence-electron chi connectivity index (χ4n) is 1.19. The van der Waals surface area contributed by atoms with Crippen LogP contribution >= 0.6 is 0 Å². The monoisotopic (exact) mass is 225 g/mol. The van der Waals surface area contributed by atoms with Crippen LogP contribution in [0.2, 0.25) is 0 Å². The van der Waals surface area contributed by atoms with E-state index in [0.29, 0.717) is 6.42 Å². The molecule has 0 saturated heterocycles. The molecule has 90 valence electrons. The Morgan fingerprint density at radius 3 is 2.07 bits per heavy atom. The minimum absolute atomic E-state index is 0.0969. The van der Waals surface area contributed by atoms with Crippen LogP contribution in [0.25, 0.3) is 0 Å². The number of alkyl halides is 3. The summed E-state index contributed by atoms with van der Waals surface area (Å²) in [5.74, 6) is -0.861. The molecule has 0 aromatic heterocycles. The average Bonchev–Trinajstić information content (AvgIpc) is 1.99. The lowest BCUT2D eigenvalue weighted by atomic mass is 9.86. The van der Waals surface area contributed by atoms with Gasteiger partial charge in [-0.05, 0) is 19.3 Å². The van der Waals surface area contributed by atoms with E-state index in [9.17, 15) is 18.0 Å². The van der Waals surface area contributed by atoms with E-state index in [1.807, 2.05) is 20.8 Å². The molecule has 0 aromatic carbocycles. The topological polar surface area (TPSA) is 29.1 Å². The van der Waals surface area contributed by atoms with Crippen molar-refractivity contribution < 1.29 is 18.0 Å². The van der Waals surface area contributed by atoms with Crippen molar-refractivity contribution in [1.29, 1.82) is 0 Å². The first-order valence-electron chi connectivity index (χ1n) is 4.98. The molecule has 0 fully saturated rings. The van der Waals surface area contributed by atoms with E-state index in [1.165, 1.54) is 0 Å². The van der Waals surface area contributed by atoms with E-state index in [1.54, 1.807) is 6.92 Å². The molecular weight excluding hydrogens is 207 g/mol. The molecule has 0 radical (unpaired) electrons. The second-order valence-corrected chi connectivity index (χ2v) is 4.27. The number of amides is 1. The maximum Gasteiger partial charge on any atom is 0.397 e. The highest BCUT2D eigenvalue weighted by atomic mass is 19.4. The van der Waals surface area contributed by atoms with Crippen LogP contribution in [-0.2, 0) is 4.79 Å². The fourth-order valence-corrected chi connectivity index (χ4v) is 1.19. The van der Waals surface area contributed by atoms with Crippen molar-refractivity contribution >= 4 is 5.91 Å². The number of rotatable bonds is 4. The zero-order valence-electron chi connectivity index (χ0n) is 9.53. The summed E-state index contributed by atoms with van der Waals surface area (Å²) in [7, 11) is 0. The lowest BCUT2D eigenvalue weighted by Crippen LogP contribution is -2.50. The van der Waals surface area contributed by atoms with Crippen LogP contribution in [0.3, 0.4) is 0 Å². The van der Waals surface area contributed by atoms with E-state index >= 15 is 0 Å². The number of hydrogen-bond acceptors (Lipinski definition) is 1. The Labute approximate surface area is 88.2 Å². The van der Waals surface area contributed by atoms with E-state index in [-0.39, 0.29) is 5.92 Å². The first kappa shape index (κ1) is 14.3. The summed E-state index contributed by atoms with van der Waals surface area (Å²) in [6, 6.07) is 0. The van der Waals surface area contributed by atoms with Gasteiger partial charge in [-0.1, -0.05) is 20.8 Å². The highest BCUT2D eigenvalue weighted by Crippen LogP contribution is 2.23. The summed E-state index contributed by atoms with van der Waals surface area (Å²) in [5, 5.41) is 2.44. The van der Waals surface area contributed by atoms with Gasteiger partial charge in [0.25, 0.3) is 0 Å².